The monoisotopic (exact) mass is 470 g/mol. The smallest absolute Gasteiger partial charge is 0.152 e. The first-order chi connectivity index (χ1) is 16.3. The summed E-state index contributed by atoms with van der Waals surface area (Å²) in [5.74, 6) is 2.39. The molecule has 6 nitrogen and oxygen atoms in total. The van der Waals surface area contributed by atoms with E-state index in [4.69, 9.17) is 26.1 Å². The van der Waals surface area contributed by atoms with Crippen LogP contribution in [0.5, 0.6) is 0 Å². The van der Waals surface area contributed by atoms with Gasteiger partial charge in [0.05, 0.1) is 23.9 Å². The first kappa shape index (κ1) is 22.9. The molecule has 4 heterocycles. The number of nitrogens with zero attached hydrogens (tertiary/aromatic N) is 3. The Labute approximate surface area is 202 Å². The second-order valence-electron chi connectivity index (χ2n) is 9.64. The fourth-order valence-corrected chi connectivity index (χ4v) is 5.50. The van der Waals surface area contributed by atoms with Gasteiger partial charge in [0.25, 0.3) is 0 Å². The van der Waals surface area contributed by atoms with Gasteiger partial charge in [-0.15, -0.1) is 0 Å². The lowest BCUT2D eigenvalue weighted by Crippen LogP contribution is -2.37. The largest absolute Gasteiger partial charge is 0.382 e. The molecule has 3 aliphatic rings. The van der Waals surface area contributed by atoms with Gasteiger partial charge in [-0.05, 0) is 43.2 Å². The Hall–Kier alpha value is -1.89. The number of aromatic nitrogens is 2. The number of pyridine rings is 2. The number of hydrogen-bond acceptors (Lipinski definition) is 6. The summed E-state index contributed by atoms with van der Waals surface area (Å²) >= 11 is 6.64. The maximum Gasteiger partial charge on any atom is 0.152 e. The minimum atomic E-state index is 0.627. The fourth-order valence-electron chi connectivity index (χ4n) is 5.29. The Kier molecular flexibility index (Phi) is 7.64. The highest BCUT2D eigenvalue weighted by atomic mass is 35.5. The SMILES string of the molecule is Clc1cnc(CC2CCCC2)cc1-c1cnc(N2CCOCC2)c(NCC2CCOCC2)c1. The molecule has 0 amide bonds. The summed E-state index contributed by atoms with van der Waals surface area (Å²) in [6, 6.07) is 4.39. The van der Waals surface area contributed by atoms with E-state index in [9.17, 15) is 0 Å². The molecule has 2 aromatic rings. The van der Waals surface area contributed by atoms with Crippen LogP contribution in [0.3, 0.4) is 0 Å². The van der Waals surface area contributed by atoms with Gasteiger partial charge in [-0.2, -0.15) is 0 Å². The van der Waals surface area contributed by atoms with E-state index in [1.165, 1.54) is 25.7 Å². The zero-order valence-corrected chi connectivity index (χ0v) is 20.2. The molecule has 178 valence electrons. The maximum absolute atomic E-state index is 6.64. The lowest BCUT2D eigenvalue weighted by Gasteiger charge is -2.30. The molecule has 0 aromatic carbocycles. The van der Waals surface area contributed by atoms with E-state index in [1.54, 1.807) is 0 Å². The standard InChI is InChI=1S/C26H35ClN4O2/c27-24-18-28-22(13-19-3-1-2-4-19)15-23(24)21-14-25(29-16-20-5-9-32-10-6-20)26(30-17-21)31-7-11-33-12-8-31/h14-15,17-20,29H,1-13,16H2. The third-order valence-corrected chi connectivity index (χ3v) is 7.60. The molecule has 1 aliphatic carbocycles. The number of nitrogens with one attached hydrogen (secondary N) is 1. The Balaban J connectivity index is 1.41. The van der Waals surface area contributed by atoms with Crippen molar-refractivity contribution in [1.29, 1.82) is 0 Å². The van der Waals surface area contributed by atoms with Crippen LogP contribution in [0.1, 0.15) is 44.2 Å². The number of rotatable bonds is 7. The summed E-state index contributed by atoms with van der Waals surface area (Å²) in [4.78, 5) is 11.9. The number of morpholine rings is 1. The molecule has 0 radical (unpaired) electrons. The van der Waals surface area contributed by atoms with Gasteiger partial charge >= 0.3 is 0 Å². The fraction of sp³-hybridized carbons (Fsp3) is 0.615. The molecule has 2 aliphatic heterocycles. The summed E-state index contributed by atoms with van der Waals surface area (Å²) in [5, 5.41) is 4.41. The summed E-state index contributed by atoms with van der Waals surface area (Å²) in [6.07, 6.45) is 12.3. The van der Waals surface area contributed by atoms with E-state index in [0.717, 1.165) is 99.6 Å². The van der Waals surface area contributed by atoms with Crippen LogP contribution in [-0.2, 0) is 15.9 Å². The van der Waals surface area contributed by atoms with Crippen LogP contribution in [0.4, 0.5) is 11.5 Å². The Morgan fingerprint density at radius 3 is 2.45 bits per heavy atom. The van der Waals surface area contributed by atoms with Gasteiger partial charge in [-0.3, -0.25) is 4.98 Å². The van der Waals surface area contributed by atoms with Crippen molar-refractivity contribution in [3.05, 3.63) is 35.2 Å². The topological polar surface area (TPSA) is 59.5 Å². The number of anilines is 2. The predicted octanol–water partition coefficient (Wildman–Crippen LogP) is 5.20. The van der Waals surface area contributed by atoms with Crippen LogP contribution >= 0.6 is 11.6 Å². The lowest BCUT2D eigenvalue weighted by molar-refractivity contribution is 0.0699. The summed E-state index contributed by atoms with van der Waals surface area (Å²) < 4.78 is 11.1. The highest BCUT2D eigenvalue weighted by Gasteiger charge is 2.21. The van der Waals surface area contributed by atoms with Gasteiger partial charge in [0, 0.05) is 62.1 Å². The molecule has 0 spiro atoms. The highest BCUT2D eigenvalue weighted by Crippen LogP contribution is 2.35. The molecule has 2 saturated heterocycles. The van der Waals surface area contributed by atoms with Crippen molar-refractivity contribution in [2.24, 2.45) is 11.8 Å². The van der Waals surface area contributed by atoms with Crippen molar-refractivity contribution >= 4 is 23.1 Å². The van der Waals surface area contributed by atoms with Gasteiger partial charge in [0.1, 0.15) is 0 Å². The minimum absolute atomic E-state index is 0.627. The number of hydrogen-bond donors (Lipinski definition) is 1. The van der Waals surface area contributed by atoms with Crippen LogP contribution in [0.25, 0.3) is 11.1 Å². The first-order valence-corrected chi connectivity index (χ1v) is 12.9. The summed E-state index contributed by atoms with van der Waals surface area (Å²) in [6.45, 7) is 5.85. The molecule has 3 fully saturated rings. The highest BCUT2D eigenvalue weighted by molar-refractivity contribution is 6.33. The van der Waals surface area contributed by atoms with Crippen LogP contribution in [0.2, 0.25) is 5.02 Å². The summed E-state index contributed by atoms with van der Waals surface area (Å²) in [5.41, 5.74) is 4.28. The van der Waals surface area contributed by atoms with E-state index in [-0.39, 0.29) is 0 Å². The Morgan fingerprint density at radius 2 is 1.67 bits per heavy atom. The van der Waals surface area contributed by atoms with Gasteiger partial charge in [-0.25, -0.2) is 4.98 Å². The molecule has 1 N–H and O–H groups in total. The minimum Gasteiger partial charge on any atom is -0.382 e. The quantitative estimate of drug-likeness (QED) is 0.599. The number of ether oxygens (including phenoxy) is 2. The molecule has 0 bridgehead atoms. The van der Waals surface area contributed by atoms with Gasteiger partial charge in [-0.1, -0.05) is 37.3 Å². The maximum atomic E-state index is 6.64. The van der Waals surface area contributed by atoms with Crippen LogP contribution < -0.4 is 10.2 Å². The first-order valence-electron chi connectivity index (χ1n) is 12.6. The molecular weight excluding hydrogens is 436 g/mol. The van der Waals surface area contributed by atoms with Gasteiger partial charge in [0.2, 0.25) is 0 Å². The number of halogens is 1. The average molecular weight is 471 g/mol. The second-order valence-corrected chi connectivity index (χ2v) is 10.0. The zero-order valence-electron chi connectivity index (χ0n) is 19.4. The second kappa shape index (κ2) is 11.0. The molecule has 2 aromatic heterocycles. The van der Waals surface area contributed by atoms with Crippen LogP contribution in [0, 0.1) is 11.8 Å². The van der Waals surface area contributed by atoms with Crippen molar-refractivity contribution < 1.29 is 9.47 Å². The van der Waals surface area contributed by atoms with Crippen molar-refractivity contribution in [1.82, 2.24) is 9.97 Å². The van der Waals surface area contributed by atoms with Gasteiger partial charge < -0.3 is 19.7 Å². The van der Waals surface area contributed by atoms with E-state index >= 15 is 0 Å². The lowest BCUT2D eigenvalue weighted by atomic mass is 9.99. The van der Waals surface area contributed by atoms with Crippen molar-refractivity contribution in [3.63, 3.8) is 0 Å². The molecule has 33 heavy (non-hydrogen) atoms. The van der Waals surface area contributed by atoms with E-state index < -0.39 is 0 Å². The van der Waals surface area contributed by atoms with E-state index in [1.807, 2.05) is 12.4 Å². The Morgan fingerprint density at radius 1 is 0.909 bits per heavy atom. The third kappa shape index (κ3) is 5.79. The molecule has 5 rings (SSSR count). The van der Waals surface area contributed by atoms with Crippen molar-refractivity contribution in [3.8, 4) is 11.1 Å². The third-order valence-electron chi connectivity index (χ3n) is 7.29. The van der Waals surface area contributed by atoms with Crippen LogP contribution in [0.15, 0.2) is 24.5 Å². The zero-order chi connectivity index (χ0) is 22.5. The van der Waals surface area contributed by atoms with Crippen molar-refractivity contribution in [2.45, 2.75) is 44.9 Å². The summed E-state index contributed by atoms with van der Waals surface area (Å²) in [7, 11) is 0. The molecule has 0 unspecified atom stereocenters. The Bertz CT molecular complexity index is 923. The molecule has 7 heteroatoms. The van der Waals surface area contributed by atoms with Gasteiger partial charge in [0.15, 0.2) is 5.82 Å². The van der Waals surface area contributed by atoms with Crippen molar-refractivity contribution in [2.75, 3.05) is 56.3 Å². The predicted molar refractivity (Wildman–Crippen MR) is 133 cm³/mol. The normalized spacial score (nSPS) is 20.3. The molecular formula is C26H35ClN4O2. The molecule has 1 saturated carbocycles. The van der Waals surface area contributed by atoms with E-state index in [0.29, 0.717) is 10.9 Å². The average Bonchev–Trinajstić information content (AvgIpc) is 3.38. The molecule has 0 atom stereocenters. The van der Waals surface area contributed by atoms with E-state index in [2.05, 4.69) is 27.3 Å². The van der Waals surface area contributed by atoms with Crippen LogP contribution in [-0.4, -0.2) is 56.0 Å².